The fraction of sp³-hybridized carbons (Fsp3) is 0.0833. The summed E-state index contributed by atoms with van der Waals surface area (Å²) in [6.45, 7) is 0. The Morgan fingerprint density at radius 3 is 3.00 bits per heavy atom. The zero-order valence-electron chi connectivity index (χ0n) is 10.1. The van der Waals surface area contributed by atoms with Crippen molar-refractivity contribution in [1.29, 1.82) is 0 Å². The van der Waals surface area contributed by atoms with Crippen LogP contribution in [0, 0.1) is 0 Å². The fourth-order valence-electron chi connectivity index (χ4n) is 1.35. The first kappa shape index (κ1) is 13.2. The molecule has 0 radical (unpaired) electrons. The topological polar surface area (TPSA) is 93.6 Å². The molecule has 1 aromatic carbocycles. The average Bonchev–Trinajstić information content (AvgIpc) is 2.47. The Balaban J connectivity index is 2.23. The van der Waals surface area contributed by atoms with E-state index < -0.39 is 0 Å². The van der Waals surface area contributed by atoms with Crippen LogP contribution in [-0.2, 0) is 0 Å². The lowest BCUT2D eigenvalue weighted by Gasteiger charge is -2.04. The van der Waals surface area contributed by atoms with Crippen LogP contribution in [0.15, 0.2) is 51.7 Å². The Bertz CT molecular complexity index is 604. The van der Waals surface area contributed by atoms with Crippen molar-refractivity contribution in [2.75, 3.05) is 7.11 Å². The van der Waals surface area contributed by atoms with E-state index in [2.05, 4.69) is 15.1 Å². The molecule has 0 saturated carbocycles. The van der Waals surface area contributed by atoms with Crippen molar-refractivity contribution in [3.8, 4) is 5.75 Å². The Hall–Kier alpha value is -2.28. The third-order valence-electron chi connectivity index (χ3n) is 2.25. The molecule has 0 aliphatic carbocycles. The minimum atomic E-state index is -0.0464. The molecule has 3 N–H and O–H groups in total. The summed E-state index contributed by atoms with van der Waals surface area (Å²) in [5.41, 5.74) is 5.86. The van der Waals surface area contributed by atoms with Crippen LogP contribution in [0.4, 0.5) is 0 Å². The van der Waals surface area contributed by atoms with E-state index in [4.69, 9.17) is 15.7 Å². The first-order valence-corrected chi connectivity index (χ1v) is 6.17. The molecule has 19 heavy (non-hydrogen) atoms. The van der Waals surface area contributed by atoms with Crippen molar-refractivity contribution < 1.29 is 9.94 Å². The molecule has 0 amide bonds. The lowest BCUT2D eigenvalue weighted by Crippen LogP contribution is -2.15. The smallest absolute Gasteiger partial charge is 0.193 e. The largest absolute Gasteiger partial charge is 0.497 e. The van der Waals surface area contributed by atoms with Gasteiger partial charge in [0.05, 0.1) is 7.11 Å². The van der Waals surface area contributed by atoms with E-state index in [0.717, 1.165) is 10.6 Å². The van der Waals surface area contributed by atoms with Crippen molar-refractivity contribution >= 4 is 17.6 Å². The van der Waals surface area contributed by atoms with Gasteiger partial charge in [0.1, 0.15) is 11.4 Å². The van der Waals surface area contributed by atoms with E-state index in [1.807, 2.05) is 24.3 Å². The van der Waals surface area contributed by atoms with Gasteiger partial charge >= 0.3 is 0 Å². The summed E-state index contributed by atoms with van der Waals surface area (Å²) in [6, 6.07) is 9.12. The van der Waals surface area contributed by atoms with E-state index in [-0.39, 0.29) is 5.84 Å². The van der Waals surface area contributed by atoms with Crippen LogP contribution in [0.5, 0.6) is 5.75 Å². The number of hydrogen-bond acceptors (Lipinski definition) is 6. The molecule has 0 saturated heterocycles. The van der Waals surface area contributed by atoms with E-state index in [0.29, 0.717) is 10.9 Å². The van der Waals surface area contributed by atoms with Gasteiger partial charge in [0, 0.05) is 11.1 Å². The van der Waals surface area contributed by atoms with Crippen LogP contribution in [0.3, 0.4) is 0 Å². The summed E-state index contributed by atoms with van der Waals surface area (Å²) in [5.74, 6) is 0.715. The first-order valence-electron chi connectivity index (χ1n) is 5.36. The molecular weight excluding hydrogens is 264 g/mol. The van der Waals surface area contributed by atoms with E-state index in [9.17, 15) is 0 Å². The summed E-state index contributed by atoms with van der Waals surface area (Å²) >= 11 is 1.36. The highest BCUT2D eigenvalue weighted by Gasteiger charge is 2.06. The number of benzene rings is 1. The Labute approximate surface area is 114 Å². The fourth-order valence-corrected chi connectivity index (χ4v) is 2.14. The summed E-state index contributed by atoms with van der Waals surface area (Å²) in [4.78, 5) is 9.26. The third-order valence-corrected chi connectivity index (χ3v) is 3.12. The predicted octanol–water partition coefficient (Wildman–Crippen LogP) is 1.73. The van der Waals surface area contributed by atoms with Gasteiger partial charge < -0.3 is 15.7 Å². The van der Waals surface area contributed by atoms with Gasteiger partial charge in [-0.15, -0.1) is 0 Å². The van der Waals surface area contributed by atoms with Crippen molar-refractivity contribution in [2.45, 2.75) is 10.1 Å². The first-order chi connectivity index (χ1) is 9.22. The van der Waals surface area contributed by atoms with Gasteiger partial charge in [0.15, 0.2) is 11.0 Å². The lowest BCUT2D eigenvalue weighted by molar-refractivity contribution is 0.318. The molecule has 0 atom stereocenters. The highest BCUT2D eigenvalue weighted by atomic mass is 32.2. The van der Waals surface area contributed by atoms with Crippen LogP contribution in [0.1, 0.15) is 5.69 Å². The lowest BCUT2D eigenvalue weighted by atomic mass is 10.3. The Morgan fingerprint density at radius 1 is 1.42 bits per heavy atom. The molecule has 2 aromatic rings. The van der Waals surface area contributed by atoms with E-state index >= 15 is 0 Å². The molecule has 6 nitrogen and oxygen atoms in total. The molecule has 0 fully saturated rings. The maximum absolute atomic E-state index is 8.62. The van der Waals surface area contributed by atoms with E-state index in [1.165, 1.54) is 11.8 Å². The minimum absolute atomic E-state index is 0.0464. The second-order valence-electron chi connectivity index (χ2n) is 3.49. The molecule has 0 bridgehead atoms. The van der Waals surface area contributed by atoms with Gasteiger partial charge in [-0.2, -0.15) is 0 Å². The number of nitrogens with zero attached hydrogens (tertiary/aromatic N) is 3. The molecule has 1 heterocycles. The zero-order valence-corrected chi connectivity index (χ0v) is 11.0. The number of amidine groups is 1. The molecule has 1 aromatic heterocycles. The number of hydrogen-bond donors (Lipinski definition) is 2. The number of oxime groups is 1. The number of rotatable bonds is 4. The van der Waals surface area contributed by atoms with Crippen LogP contribution in [0.25, 0.3) is 0 Å². The van der Waals surface area contributed by atoms with Crippen molar-refractivity contribution in [3.63, 3.8) is 0 Å². The third kappa shape index (κ3) is 3.35. The van der Waals surface area contributed by atoms with E-state index in [1.54, 1.807) is 19.4 Å². The Morgan fingerprint density at radius 2 is 2.26 bits per heavy atom. The van der Waals surface area contributed by atoms with Crippen LogP contribution < -0.4 is 10.5 Å². The molecule has 0 spiro atoms. The SMILES string of the molecule is COc1cccc(Sc2nccc(/C(N)=N/O)n2)c1. The van der Waals surface area contributed by atoms with Crippen LogP contribution in [0.2, 0.25) is 0 Å². The summed E-state index contributed by atoms with van der Waals surface area (Å²) in [5, 5.41) is 12.0. The second kappa shape index (κ2) is 6.05. The van der Waals surface area contributed by atoms with Crippen LogP contribution in [-0.4, -0.2) is 28.1 Å². The molecule has 0 aliphatic heterocycles. The van der Waals surface area contributed by atoms with Gasteiger partial charge in [-0.25, -0.2) is 9.97 Å². The Kier molecular flexibility index (Phi) is 4.19. The van der Waals surface area contributed by atoms with Gasteiger partial charge in [0.2, 0.25) is 0 Å². The predicted molar refractivity (Wildman–Crippen MR) is 71.7 cm³/mol. The highest BCUT2D eigenvalue weighted by molar-refractivity contribution is 7.99. The summed E-state index contributed by atoms with van der Waals surface area (Å²) in [7, 11) is 1.61. The minimum Gasteiger partial charge on any atom is -0.497 e. The second-order valence-corrected chi connectivity index (χ2v) is 4.53. The van der Waals surface area contributed by atoms with Gasteiger partial charge in [-0.1, -0.05) is 11.2 Å². The maximum atomic E-state index is 8.62. The number of nitrogens with two attached hydrogens (primary N) is 1. The molecule has 0 aliphatic rings. The molecule has 98 valence electrons. The van der Waals surface area contributed by atoms with Gasteiger partial charge in [0.25, 0.3) is 0 Å². The molecule has 0 unspecified atom stereocenters. The monoisotopic (exact) mass is 276 g/mol. The molecule has 7 heteroatoms. The standard InChI is InChI=1S/C12H12N4O2S/c1-18-8-3-2-4-9(7-8)19-12-14-6-5-10(15-12)11(13)16-17/h2-7,17H,1H3,(H2,13,16). The van der Waals surface area contributed by atoms with Crippen molar-refractivity contribution in [2.24, 2.45) is 10.9 Å². The quantitative estimate of drug-likeness (QED) is 0.290. The van der Waals surface area contributed by atoms with Crippen molar-refractivity contribution in [3.05, 3.63) is 42.2 Å². The summed E-state index contributed by atoms with van der Waals surface area (Å²) in [6.07, 6.45) is 1.56. The van der Waals surface area contributed by atoms with Crippen molar-refractivity contribution in [1.82, 2.24) is 9.97 Å². The molecule has 2 rings (SSSR count). The zero-order chi connectivity index (χ0) is 13.7. The number of ether oxygens (including phenoxy) is 1. The number of methoxy groups -OCH3 is 1. The number of aromatic nitrogens is 2. The average molecular weight is 276 g/mol. The molecular formula is C12H12N4O2S. The van der Waals surface area contributed by atoms with Gasteiger partial charge in [-0.05, 0) is 36.0 Å². The van der Waals surface area contributed by atoms with Gasteiger partial charge in [-0.3, -0.25) is 0 Å². The summed E-state index contributed by atoms with van der Waals surface area (Å²) < 4.78 is 5.15. The highest BCUT2D eigenvalue weighted by Crippen LogP contribution is 2.27. The normalized spacial score (nSPS) is 11.3. The maximum Gasteiger partial charge on any atom is 0.193 e. The van der Waals surface area contributed by atoms with Crippen LogP contribution >= 0.6 is 11.8 Å².